The molecule has 28 heavy (non-hydrogen) atoms. The molecular formula is C19H16ClN5O3. The quantitative estimate of drug-likeness (QED) is 0.603. The zero-order chi connectivity index (χ0) is 19.5. The van der Waals surface area contributed by atoms with Gasteiger partial charge in [-0.2, -0.15) is 4.98 Å². The number of hydrogen-bond acceptors (Lipinski definition) is 7. The minimum atomic E-state index is -0.146. The van der Waals surface area contributed by atoms with Crippen molar-refractivity contribution in [2.24, 2.45) is 0 Å². The third-order valence-electron chi connectivity index (χ3n) is 4.03. The average molecular weight is 398 g/mol. The van der Waals surface area contributed by atoms with Crippen LogP contribution in [-0.4, -0.2) is 29.7 Å². The minimum Gasteiger partial charge on any atom is -0.454 e. The molecule has 8 nitrogen and oxygen atoms in total. The first-order valence-corrected chi connectivity index (χ1v) is 8.79. The molecule has 3 aromatic rings. The molecule has 0 fully saturated rings. The number of anilines is 4. The van der Waals surface area contributed by atoms with Crippen LogP contribution < -0.4 is 25.4 Å². The second-order valence-corrected chi connectivity index (χ2v) is 6.24. The van der Waals surface area contributed by atoms with Crippen molar-refractivity contribution in [2.45, 2.75) is 0 Å². The van der Waals surface area contributed by atoms with E-state index in [-0.39, 0.29) is 12.7 Å². The first kappa shape index (κ1) is 17.9. The van der Waals surface area contributed by atoms with Gasteiger partial charge in [0.25, 0.3) is 5.91 Å². The summed E-state index contributed by atoms with van der Waals surface area (Å²) in [6.45, 7) is 0.146. The molecule has 1 aliphatic rings. The van der Waals surface area contributed by atoms with Crippen molar-refractivity contribution >= 4 is 40.6 Å². The van der Waals surface area contributed by atoms with Crippen molar-refractivity contribution in [3.8, 4) is 11.5 Å². The van der Waals surface area contributed by atoms with E-state index in [0.717, 1.165) is 5.69 Å². The van der Waals surface area contributed by atoms with E-state index in [1.165, 1.54) is 0 Å². The number of hydrogen-bond donors (Lipinski definition) is 3. The van der Waals surface area contributed by atoms with Gasteiger partial charge in [-0.1, -0.05) is 11.6 Å². The molecular weight excluding hydrogens is 382 g/mol. The van der Waals surface area contributed by atoms with Crippen molar-refractivity contribution in [3.63, 3.8) is 0 Å². The maximum Gasteiger partial charge on any atom is 0.251 e. The molecule has 0 bridgehead atoms. The van der Waals surface area contributed by atoms with E-state index in [0.29, 0.717) is 39.5 Å². The van der Waals surface area contributed by atoms with E-state index < -0.39 is 0 Å². The van der Waals surface area contributed by atoms with Crippen molar-refractivity contribution in [3.05, 3.63) is 59.2 Å². The van der Waals surface area contributed by atoms with Crippen LogP contribution in [0.4, 0.5) is 23.1 Å². The number of nitrogens with zero attached hydrogens (tertiary/aromatic N) is 2. The van der Waals surface area contributed by atoms with Crippen molar-refractivity contribution in [1.82, 2.24) is 15.3 Å². The summed E-state index contributed by atoms with van der Waals surface area (Å²) in [6, 6.07) is 12.2. The number of nitrogens with one attached hydrogen (secondary N) is 3. The van der Waals surface area contributed by atoms with E-state index in [2.05, 4.69) is 25.9 Å². The summed E-state index contributed by atoms with van der Waals surface area (Å²) >= 11 is 6.29. The Bertz CT molecular complexity index is 1030. The highest BCUT2D eigenvalue weighted by molar-refractivity contribution is 6.33. The highest BCUT2D eigenvalue weighted by atomic mass is 35.5. The largest absolute Gasteiger partial charge is 0.454 e. The summed E-state index contributed by atoms with van der Waals surface area (Å²) in [7, 11) is 1.59. The number of carbonyl (C=O) groups excluding carboxylic acids is 1. The zero-order valence-electron chi connectivity index (χ0n) is 14.8. The Kier molecular flexibility index (Phi) is 4.86. The lowest BCUT2D eigenvalue weighted by Crippen LogP contribution is -2.17. The number of benzene rings is 2. The lowest BCUT2D eigenvalue weighted by molar-refractivity contribution is 0.0963. The standard InChI is InChI=1S/C19H16ClN5O3/c1-21-18(26)11-2-4-12(5-3-11)23-19-22-9-8-15(25-19)24-16-13(20)6-7-14-17(16)28-10-27-14/h2-9H,10H2,1H3,(H,21,26)(H2,22,23,24,25). The van der Waals surface area contributed by atoms with E-state index >= 15 is 0 Å². The van der Waals surface area contributed by atoms with Gasteiger partial charge in [-0.25, -0.2) is 4.98 Å². The molecule has 0 aliphatic carbocycles. The van der Waals surface area contributed by atoms with Crippen molar-refractivity contribution in [2.75, 3.05) is 24.5 Å². The normalized spacial score (nSPS) is 11.8. The van der Waals surface area contributed by atoms with Gasteiger partial charge in [0, 0.05) is 24.5 Å². The van der Waals surface area contributed by atoms with Crippen LogP contribution in [-0.2, 0) is 0 Å². The van der Waals surface area contributed by atoms with Gasteiger partial charge in [-0.3, -0.25) is 4.79 Å². The van der Waals surface area contributed by atoms with Crippen LogP contribution in [0.25, 0.3) is 0 Å². The van der Waals surface area contributed by atoms with Crippen LogP contribution >= 0.6 is 11.6 Å². The molecule has 1 amide bonds. The minimum absolute atomic E-state index is 0.146. The molecule has 1 aliphatic heterocycles. The third kappa shape index (κ3) is 3.63. The highest BCUT2D eigenvalue weighted by Crippen LogP contribution is 2.44. The SMILES string of the molecule is CNC(=O)c1ccc(Nc2nccc(Nc3c(Cl)ccc4c3OCO4)n2)cc1. The van der Waals surface area contributed by atoms with Gasteiger partial charge in [-0.15, -0.1) is 0 Å². The van der Waals surface area contributed by atoms with Crippen LogP contribution in [0.5, 0.6) is 11.5 Å². The Balaban J connectivity index is 1.53. The lowest BCUT2D eigenvalue weighted by atomic mass is 10.2. The van der Waals surface area contributed by atoms with Gasteiger partial charge in [0.15, 0.2) is 11.5 Å². The number of amides is 1. The second kappa shape index (κ2) is 7.61. The fraction of sp³-hybridized carbons (Fsp3) is 0.105. The first-order chi connectivity index (χ1) is 13.6. The van der Waals surface area contributed by atoms with E-state index in [9.17, 15) is 4.79 Å². The molecule has 4 rings (SSSR count). The van der Waals surface area contributed by atoms with Crippen LogP contribution in [0.1, 0.15) is 10.4 Å². The predicted octanol–water partition coefficient (Wildman–Crippen LogP) is 3.71. The molecule has 3 N–H and O–H groups in total. The molecule has 0 saturated heterocycles. The molecule has 0 spiro atoms. The highest BCUT2D eigenvalue weighted by Gasteiger charge is 2.21. The van der Waals surface area contributed by atoms with E-state index in [1.807, 2.05) is 0 Å². The zero-order valence-corrected chi connectivity index (χ0v) is 15.6. The van der Waals surface area contributed by atoms with E-state index in [1.54, 1.807) is 55.7 Å². The number of carbonyl (C=O) groups is 1. The molecule has 142 valence electrons. The number of halogens is 1. The molecule has 2 aromatic carbocycles. The molecule has 0 radical (unpaired) electrons. The van der Waals surface area contributed by atoms with Crippen LogP contribution in [0.3, 0.4) is 0 Å². The molecule has 0 saturated carbocycles. The van der Waals surface area contributed by atoms with Crippen molar-refractivity contribution < 1.29 is 14.3 Å². The Labute approximate surface area is 165 Å². The summed E-state index contributed by atoms with van der Waals surface area (Å²) in [4.78, 5) is 20.3. The summed E-state index contributed by atoms with van der Waals surface area (Å²) in [5, 5.41) is 9.32. The van der Waals surface area contributed by atoms with Gasteiger partial charge in [0.1, 0.15) is 11.5 Å². The van der Waals surface area contributed by atoms with E-state index in [4.69, 9.17) is 21.1 Å². The topological polar surface area (TPSA) is 97.4 Å². The Hall–Kier alpha value is -3.52. The molecule has 1 aromatic heterocycles. The predicted molar refractivity (Wildman–Crippen MR) is 106 cm³/mol. The molecule has 9 heteroatoms. The summed E-state index contributed by atoms with van der Waals surface area (Å²) in [5.74, 6) is 1.94. The van der Waals surface area contributed by atoms with Gasteiger partial charge in [-0.05, 0) is 42.5 Å². The molecule has 0 atom stereocenters. The van der Waals surface area contributed by atoms with Crippen molar-refractivity contribution in [1.29, 1.82) is 0 Å². The molecule has 0 unspecified atom stereocenters. The van der Waals surface area contributed by atoms with Gasteiger partial charge < -0.3 is 25.4 Å². The van der Waals surface area contributed by atoms with Gasteiger partial charge in [0.2, 0.25) is 12.7 Å². The lowest BCUT2D eigenvalue weighted by Gasteiger charge is -2.12. The van der Waals surface area contributed by atoms with Gasteiger partial charge >= 0.3 is 0 Å². The number of aromatic nitrogens is 2. The maximum absolute atomic E-state index is 11.6. The van der Waals surface area contributed by atoms with Crippen LogP contribution in [0.2, 0.25) is 5.02 Å². The number of fused-ring (bicyclic) bond motifs is 1. The second-order valence-electron chi connectivity index (χ2n) is 5.83. The third-order valence-corrected chi connectivity index (χ3v) is 4.34. The van der Waals surface area contributed by atoms with Gasteiger partial charge in [0.05, 0.1) is 5.02 Å². The Morgan fingerprint density at radius 2 is 1.89 bits per heavy atom. The number of ether oxygens (including phenoxy) is 2. The number of rotatable bonds is 5. The Morgan fingerprint density at radius 1 is 1.07 bits per heavy atom. The molecule has 2 heterocycles. The smallest absolute Gasteiger partial charge is 0.251 e. The Morgan fingerprint density at radius 3 is 2.68 bits per heavy atom. The van der Waals surface area contributed by atoms with Crippen LogP contribution in [0, 0.1) is 0 Å². The fourth-order valence-corrected chi connectivity index (χ4v) is 2.86. The summed E-state index contributed by atoms with van der Waals surface area (Å²) < 4.78 is 10.9. The first-order valence-electron chi connectivity index (χ1n) is 8.41. The monoisotopic (exact) mass is 397 g/mol. The fourth-order valence-electron chi connectivity index (χ4n) is 2.66. The maximum atomic E-state index is 11.6. The average Bonchev–Trinajstić information content (AvgIpc) is 3.19. The van der Waals surface area contributed by atoms with Crippen LogP contribution in [0.15, 0.2) is 48.7 Å². The summed E-state index contributed by atoms with van der Waals surface area (Å²) in [5.41, 5.74) is 1.90. The summed E-state index contributed by atoms with van der Waals surface area (Å²) in [6.07, 6.45) is 1.62.